The fraction of sp³-hybridized carbons (Fsp3) is 0.692. The quantitative estimate of drug-likeness (QED) is 0.697. The molecule has 4 nitrogen and oxygen atoms in total. The van der Waals surface area contributed by atoms with Gasteiger partial charge in [0.1, 0.15) is 0 Å². The Bertz CT molecular complexity index is 366. The van der Waals surface area contributed by atoms with Crippen LogP contribution in [-0.2, 0) is 4.79 Å². The average Bonchev–Trinajstić information content (AvgIpc) is 2.80. The standard InChI is InChI=1S/C13H22N2O2S/c1-3-5-7-11(6-4-2)15-9-8-14-13(15)18-10-12(16)17/h8-9,11H,3-7,10H2,1-2H3,(H,16,17). The number of unbranched alkanes of at least 4 members (excludes halogenated alkanes) is 1. The second-order valence-electron chi connectivity index (χ2n) is 4.38. The molecule has 1 rings (SSSR count). The van der Waals surface area contributed by atoms with Crippen molar-refractivity contribution < 1.29 is 9.90 Å². The summed E-state index contributed by atoms with van der Waals surface area (Å²) < 4.78 is 2.15. The summed E-state index contributed by atoms with van der Waals surface area (Å²) in [6, 6.07) is 0.453. The Morgan fingerprint density at radius 1 is 1.44 bits per heavy atom. The van der Waals surface area contributed by atoms with Crippen molar-refractivity contribution in [2.45, 2.75) is 57.1 Å². The van der Waals surface area contributed by atoms with E-state index in [0.717, 1.165) is 24.4 Å². The van der Waals surface area contributed by atoms with E-state index in [1.54, 1.807) is 6.20 Å². The van der Waals surface area contributed by atoms with Crippen LogP contribution in [0.2, 0.25) is 0 Å². The van der Waals surface area contributed by atoms with E-state index in [1.807, 2.05) is 6.20 Å². The molecule has 0 bridgehead atoms. The smallest absolute Gasteiger partial charge is 0.313 e. The van der Waals surface area contributed by atoms with E-state index in [2.05, 4.69) is 23.4 Å². The van der Waals surface area contributed by atoms with Crippen LogP contribution < -0.4 is 0 Å². The predicted molar refractivity (Wildman–Crippen MR) is 74.1 cm³/mol. The topological polar surface area (TPSA) is 55.1 Å². The van der Waals surface area contributed by atoms with Gasteiger partial charge in [-0.15, -0.1) is 0 Å². The monoisotopic (exact) mass is 270 g/mol. The number of carbonyl (C=O) groups is 1. The zero-order valence-corrected chi connectivity index (χ0v) is 11.9. The molecular formula is C13H22N2O2S. The highest BCUT2D eigenvalue weighted by atomic mass is 32.2. The summed E-state index contributed by atoms with van der Waals surface area (Å²) in [6.45, 7) is 4.37. The first-order chi connectivity index (χ1) is 8.69. The molecule has 5 heteroatoms. The summed E-state index contributed by atoms with van der Waals surface area (Å²) in [7, 11) is 0. The number of hydrogen-bond acceptors (Lipinski definition) is 3. The highest BCUT2D eigenvalue weighted by molar-refractivity contribution is 7.99. The lowest BCUT2D eigenvalue weighted by molar-refractivity contribution is -0.133. The Labute approximate surface area is 113 Å². The molecule has 1 heterocycles. The highest BCUT2D eigenvalue weighted by Crippen LogP contribution is 2.26. The largest absolute Gasteiger partial charge is 0.481 e. The highest BCUT2D eigenvalue weighted by Gasteiger charge is 2.14. The van der Waals surface area contributed by atoms with Crippen LogP contribution >= 0.6 is 11.8 Å². The summed E-state index contributed by atoms with van der Waals surface area (Å²) in [6.07, 6.45) is 9.52. The SMILES string of the molecule is CCCCC(CCC)n1ccnc1SCC(=O)O. The predicted octanol–water partition coefficient (Wildman–Crippen LogP) is 3.59. The number of hydrogen-bond donors (Lipinski definition) is 1. The van der Waals surface area contributed by atoms with Gasteiger partial charge < -0.3 is 9.67 Å². The third kappa shape index (κ3) is 4.72. The molecule has 18 heavy (non-hydrogen) atoms. The second kappa shape index (κ2) is 8.19. The zero-order chi connectivity index (χ0) is 13.4. The van der Waals surface area contributed by atoms with Gasteiger partial charge in [-0.3, -0.25) is 4.79 Å². The average molecular weight is 270 g/mol. The Morgan fingerprint density at radius 2 is 2.22 bits per heavy atom. The van der Waals surface area contributed by atoms with E-state index in [4.69, 9.17) is 5.11 Å². The van der Waals surface area contributed by atoms with Crippen molar-refractivity contribution >= 4 is 17.7 Å². The molecule has 0 saturated heterocycles. The molecule has 1 aromatic rings. The molecule has 1 unspecified atom stereocenters. The maximum Gasteiger partial charge on any atom is 0.313 e. The van der Waals surface area contributed by atoms with E-state index < -0.39 is 5.97 Å². The molecule has 0 aromatic carbocycles. The summed E-state index contributed by atoms with van der Waals surface area (Å²) in [5.41, 5.74) is 0. The molecule has 0 amide bonds. The first kappa shape index (κ1) is 15.1. The van der Waals surface area contributed by atoms with Gasteiger partial charge in [0.05, 0.1) is 5.75 Å². The molecule has 0 spiro atoms. The van der Waals surface area contributed by atoms with E-state index >= 15 is 0 Å². The number of thioether (sulfide) groups is 1. The van der Waals surface area contributed by atoms with Gasteiger partial charge in [0, 0.05) is 18.4 Å². The third-order valence-corrected chi connectivity index (χ3v) is 3.83. The van der Waals surface area contributed by atoms with Crippen molar-refractivity contribution in [2.75, 3.05) is 5.75 Å². The third-order valence-electron chi connectivity index (χ3n) is 2.86. The maximum absolute atomic E-state index is 10.6. The van der Waals surface area contributed by atoms with Gasteiger partial charge in [0.25, 0.3) is 0 Å². The van der Waals surface area contributed by atoms with Crippen molar-refractivity contribution in [1.82, 2.24) is 9.55 Å². The van der Waals surface area contributed by atoms with E-state index in [9.17, 15) is 4.79 Å². The van der Waals surface area contributed by atoms with Crippen molar-refractivity contribution in [1.29, 1.82) is 0 Å². The number of carboxylic acid groups (broad SMARTS) is 1. The molecule has 1 aromatic heterocycles. The van der Waals surface area contributed by atoms with Crippen LogP contribution in [0.1, 0.15) is 52.0 Å². The lowest BCUT2D eigenvalue weighted by Crippen LogP contribution is -2.10. The van der Waals surface area contributed by atoms with E-state index in [-0.39, 0.29) is 5.75 Å². The first-order valence-electron chi connectivity index (χ1n) is 6.56. The fourth-order valence-electron chi connectivity index (χ4n) is 2.01. The van der Waals surface area contributed by atoms with Gasteiger partial charge in [-0.2, -0.15) is 0 Å². The molecule has 0 radical (unpaired) electrons. The van der Waals surface area contributed by atoms with E-state index in [1.165, 1.54) is 24.6 Å². The molecule has 0 aliphatic rings. The Kier molecular flexibility index (Phi) is 6.86. The summed E-state index contributed by atoms with van der Waals surface area (Å²) in [5.74, 6) is -0.723. The van der Waals surface area contributed by atoms with Crippen LogP contribution in [-0.4, -0.2) is 26.4 Å². The van der Waals surface area contributed by atoms with Gasteiger partial charge in [-0.25, -0.2) is 4.98 Å². The van der Waals surface area contributed by atoms with E-state index in [0.29, 0.717) is 6.04 Å². The number of nitrogens with zero attached hydrogens (tertiary/aromatic N) is 2. The Morgan fingerprint density at radius 3 is 2.83 bits per heavy atom. The fourth-order valence-corrected chi connectivity index (χ4v) is 2.76. The number of carboxylic acids is 1. The van der Waals surface area contributed by atoms with Crippen LogP contribution in [0.5, 0.6) is 0 Å². The van der Waals surface area contributed by atoms with Gasteiger partial charge in [0.2, 0.25) is 0 Å². The number of imidazole rings is 1. The zero-order valence-electron chi connectivity index (χ0n) is 11.1. The maximum atomic E-state index is 10.6. The van der Waals surface area contributed by atoms with Gasteiger partial charge >= 0.3 is 5.97 Å². The molecule has 1 atom stereocenters. The van der Waals surface area contributed by atoms with Crippen LogP contribution in [0.4, 0.5) is 0 Å². The van der Waals surface area contributed by atoms with Crippen LogP contribution in [0, 0.1) is 0 Å². The first-order valence-corrected chi connectivity index (χ1v) is 7.55. The lowest BCUT2D eigenvalue weighted by Gasteiger charge is -2.19. The lowest BCUT2D eigenvalue weighted by atomic mass is 10.1. The molecule has 1 N–H and O–H groups in total. The molecule has 102 valence electrons. The minimum atomic E-state index is -0.796. The number of aliphatic carboxylic acids is 1. The molecule has 0 fully saturated rings. The van der Waals surface area contributed by atoms with Crippen molar-refractivity contribution in [2.24, 2.45) is 0 Å². The summed E-state index contributed by atoms with van der Waals surface area (Å²) >= 11 is 1.30. The Balaban J connectivity index is 2.70. The van der Waals surface area contributed by atoms with Crippen molar-refractivity contribution in [3.63, 3.8) is 0 Å². The van der Waals surface area contributed by atoms with Gasteiger partial charge in [0.15, 0.2) is 5.16 Å². The molecule has 0 aliphatic heterocycles. The minimum absolute atomic E-state index is 0.0731. The minimum Gasteiger partial charge on any atom is -0.481 e. The van der Waals surface area contributed by atoms with Gasteiger partial charge in [-0.05, 0) is 12.8 Å². The summed E-state index contributed by atoms with van der Waals surface area (Å²) in [5, 5.41) is 9.55. The molecule has 0 saturated carbocycles. The molecular weight excluding hydrogens is 248 g/mol. The molecule has 0 aliphatic carbocycles. The van der Waals surface area contributed by atoms with Crippen molar-refractivity contribution in [3.05, 3.63) is 12.4 Å². The number of rotatable bonds is 9. The van der Waals surface area contributed by atoms with Crippen LogP contribution in [0.3, 0.4) is 0 Å². The summed E-state index contributed by atoms with van der Waals surface area (Å²) in [4.78, 5) is 14.9. The Hall–Kier alpha value is -0.970. The van der Waals surface area contributed by atoms with Crippen LogP contribution in [0.15, 0.2) is 17.6 Å². The van der Waals surface area contributed by atoms with Crippen LogP contribution in [0.25, 0.3) is 0 Å². The van der Waals surface area contributed by atoms with Gasteiger partial charge in [-0.1, -0.05) is 44.9 Å². The second-order valence-corrected chi connectivity index (χ2v) is 5.33. The normalized spacial score (nSPS) is 12.6. The van der Waals surface area contributed by atoms with Crippen molar-refractivity contribution in [3.8, 4) is 0 Å². The number of aromatic nitrogens is 2.